The summed E-state index contributed by atoms with van der Waals surface area (Å²) in [5.41, 5.74) is 2.44. The van der Waals surface area contributed by atoms with Crippen LogP contribution in [0.15, 0.2) is 72.8 Å². The second-order valence-corrected chi connectivity index (χ2v) is 8.70. The minimum absolute atomic E-state index is 0.291. The zero-order valence-electron chi connectivity index (χ0n) is 21.2. The molecule has 8 nitrogen and oxygen atoms in total. The summed E-state index contributed by atoms with van der Waals surface area (Å²) in [5, 5.41) is 3.96. The monoisotopic (exact) mass is 510 g/mol. The molecule has 1 N–H and O–H groups in total. The molecule has 1 aliphatic heterocycles. The van der Waals surface area contributed by atoms with Crippen molar-refractivity contribution < 1.29 is 28.6 Å². The van der Waals surface area contributed by atoms with E-state index in [1.165, 1.54) is 7.11 Å². The Morgan fingerprint density at radius 1 is 0.763 bits per heavy atom. The zero-order chi connectivity index (χ0) is 26.8. The number of anilines is 1. The summed E-state index contributed by atoms with van der Waals surface area (Å²) in [6.45, 7) is 0.386. The van der Waals surface area contributed by atoms with Gasteiger partial charge in [-0.25, -0.2) is 4.90 Å². The number of carbonyl (C=O) groups is 3. The summed E-state index contributed by atoms with van der Waals surface area (Å²) in [6.07, 6.45) is 0.582. The Labute approximate surface area is 219 Å². The highest BCUT2D eigenvalue weighted by Crippen LogP contribution is 2.37. The number of amides is 3. The molecule has 38 heavy (non-hydrogen) atoms. The van der Waals surface area contributed by atoms with Gasteiger partial charge in [0.15, 0.2) is 11.5 Å². The van der Waals surface area contributed by atoms with E-state index >= 15 is 0 Å². The van der Waals surface area contributed by atoms with Crippen molar-refractivity contribution in [3.63, 3.8) is 0 Å². The third kappa shape index (κ3) is 4.20. The molecular formula is C30H26N2O6. The Kier molecular flexibility index (Phi) is 6.70. The first-order chi connectivity index (χ1) is 18.5. The summed E-state index contributed by atoms with van der Waals surface area (Å²) >= 11 is 0. The number of ether oxygens (including phenoxy) is 3. The molecule has 0 bridgehead atoms. The Balaban J connectivity index is 1.42. The Morgan fingerprint density at radius 3 is 2.21 bits per heavy atom. The molecule has 5 rings (SSSR count). The maximum Gasteiger partial charge on any atom is 0.266 e. The molecule has 0 saturated heterocycles. The molecule has 192 valence electrons. The largest absolute Gasteiger partial charge is 0.495 e. The molecule has 0 fully saturated rings. The van der Waals surface area contributed by atoms with Gasteiger partial charge in [-0.3, -0.25) is 14.4 Å². The molecule has 1 aliphatic rings. The fraction of sp³-hybridized carbons (Fsp3) is 0.167. The molecule has 0 atom stereocenters. The van der Waals surface area contributed by atoms with E-state index in [9.17, 15) is 14.4 Å². The van der Waals surface area contributed by atoms with Crippen LogP contribution in [0.1, 0.15) is 36.6 Å². The van der Waals surface area contributed by atoms with Gasteiger partial charge in [0.05, 0.1) is 27.0 Å². The van der Waals surface area contributed by atoms with E-state index in [0.717, 1.165) is 10.5 Å². The Hall–Kier alpha value is -4.85. The molecule has 0 radical (unpaired) electrons. The highest BCUT2D eigenvalue weighted by molar-refractivity contribution is 6.37. The van der Waals surface area contributed by atoms with Crippen molar-refractivity contribution in [1.29, 1.82) is 0 Å². The van der Waals surface area contributed by atoms with Crippen LogP contribution in [0.3, 0.4) is 0 Å². The van der Waals surface area contributed by atoms with Gasteiger partial charge in [-0.2, -0.15) is 0 Å². The van der Waals surface area contributed by atoms with E-state index in [4.69, 9.17) is 14.2 Å². The molecule has 0 saturated carbocycles. The Bertz CT molecular complexity index is 1560. The third-order valence-electron chi connectivity index (χ3n) is 6.63. The molecule has 0 spiro atoms. The third-order valence-corrected chi connectivity index (χ3v) is 6.63. The SMILES string of the molecule is COc1ccc(CCNC(=O)c2ccc3c4c(cccc24)C(=O)N(c2ccccc2OC)C3=O)cc1OC. The van der Waals surface area contributed by atoms with Gasteiger partial charge in [0.25, 0.3) is 17.7 Å². The summed E-state index contributed by atoms with van der Waals surface area (Å²) < 4.78 is 16.0. The van der Waals surface area contributed by atoms with Crippen molar-refractivity contribution >= 4 is 34.2 Å². The summed E-state index contributed by atoms with van der Waals surface area (Å²) in [7, 11) is 4.64. The summed E-state index contributed by atoms with van der Waals surface area (Å²) in [6, 6.07) is 20.9. The van der Waals surface area contributed by atoms with Crippen LogP contribution in [0, 0.1) is 0 Å². The van der Waals surface area contributed by atoms with Gasteiger partial charge in [-0.15, -0.1) is 0 Å². The predicted octanol–water partition coefficient (Wildman–Crippen LogP) is 4.64. The van der Waals surface area contributed by atoms with Gasteiger partial charge < -0.3 is 19.5 Å². The van der Waals surface area contributed by atoms with Crippen molar-refractivity contribution in [2.45, 2.75) is 6.42 Å². The fourth-order valence-electron chi connectivity index (χ4n) is 4.78. The van der Waals surface area contributed by atoms with Crippen molar-refractivity contribution in [3.8, 4) is 17.2 Å². The maximum absolute atomic E-state index is 13.5. The molecule has 4 aromatic carbocycles. The van der Waals surface area contributed by atoms with E-state index < -0.39 is 11.8 Å². The first kappa shape index (κ1) is 24.8. The molecule has 8 heteroatoms. The molecular weight excluding hydrogens is 484 g/mol. The lowest BCUT2D eigenvalue weighted by Gasteiger charge is -2.28. The number of rotatable bonds is 8. The maximum atomic E-state index is 13.5. The first-order valence-corrected chi connectivity index (χ1v) is 12.0. The standard InChI is InChI=1S/C30H26N2O6/c1-36-24-10-5-4-9-23(24)32-29(34)21-8-6-7-19-20(12-13-22(27(19)21)30(32)35)28(33)31-16-15-18-11-14-25(37-2)26(17-18)38-3/h4-14,17H,15-16H2,1-3H3,(H,31,33). The lowest BCUT2D eigenvalue weighted by atomic mass is 9.90. The second kappa shape index (κ2) is 10.3. The number of carbonyl (C=O) groups excluding carboxylic acids is 3. The average molecular weight is 511 g/mol. The minimum Gasteiger partial charge on any atom is -0.495 e. The van der Waals surface area contributed by atoms with Crippen molar-refractivity contribution in [1.82, 2.24) is 5.32 Å². The van der Waals surface area contributed by atoms with Gasteiger partial charge >= 0.3 is 0 Å². The number of methoxy groups -OCH3 is 3. The fourth-order valence-corrected chi connectivity index (χ4v) is 4.78. The van der Waals surface area contributed by atoms with E-state index in [0.29, 0.717) is 63.4 Å². The van der Waals surface area contributed by atoms with E-state index in [1.807, 2.05) is 18.2 Å². The quantitative estimate of drug-likeness (QED) is 0.347. The topological polar surface area (TPSA) is 94.2 Å². The summed E-state index contributed by atoms with van der Waals surface area (Å²) in [4.78, 5) is 41.3. The van der Waals surface area contributed by atoms with Crippen molar-refractivity contribution in [2.24, 2.45) is 0 Å². The lowest BCUT2D eigenvalue weighted by molar-refractivity contribution is 0.0889. The van der Waals surface area contributed by atoms with Gasteiger partial charge in [0, 0.05) is 28.6 Å². The number of nitrogens with one attached hydrogen (secondary N) is 1. The van der Waals surface area contributed by atoms with Crippen molar-refractivity contribution in [2.75, 3.05) is 32.8 Å². The molecule has 1 heterocycles. The van der Waals surface area contributed by atoms with Crippen LogP contribution < -0.4 is 24.4 Å². The van der Waals surface area contributed by atoms with Crippen molar-refractivity contribution in [3.05, 3.63) is 95.1 Å². The molecule has 0 aliphatic carbocycles. The van der Waals surface area contributed by atoms with E-state index in [-0.39, 0.29) is 5.91 Å². The number of imide groups is 1. The predicted molar refractivity (Wildman–Crippen MR) is 144 cm³/mol. The van der Waals surface area contributed by atoms with Gasteiger partial charge in [0.1, 0.15) is 5.75 Å². The molecule has 0 aromatic heterocycles. The van der Waals surface area contributed by atoms with Crippen LogP contribution in [0.4, 0.5) is 5.69 Å². The lowest BCUT2D eigenvalue weighted by Crippen LogP contribution is -2.40. The highest BCUT2D eigenvalue weighted by atomic mass is 16.5. The van der Waals surface area contributed by atoms with Crippen LogP contribution in [0.2, 0.25) is 0 Å². The minimum atomic E-state index is -0.469. The zero-order valence-corrected chi connectivity index (χ0v) is 21.2. The number of para-hydroxylation sites is 2. The van der Waals surface area contributed by atoms with Gasteiger partial charge in [-0.05, 0) is 59.8 Å². The smallest absolute Gasteiger partial charge is 0.266 e. The van der Waals surface area contributed by atoms with Crippen LogP contribution in [-0.4, -0.2) is 45.6 Å². The molecule has 0 unspecified atom stereocenters. The first-order valence-electron chi connectivity index (χ1n) is 12.0. The van der Waals surface area contributed by atoms with Crippen LogP contribution in [0.5, 0.6) is 17.2 Å². The van der Waals surface area contributed by atoms with Gasteiger partial charge in [-0.1, -0.05) is 30.3 Å². The van der Waals surface area contributed by atoms with Crippen LogP contribution in [-0.2, 0) is 6.42 Å². The van der Waals surface area contributed by atoms with E-state index in [2.05, 4.69) is 5.32 Å². The number of benzene rings is 4. The van der Waals surface area contributed by atoms with Crippen LogP contribution in [0.25, 0.3) is 10.8 Å². The van der Waals surface area contributed by atoms with Crippen LogP contribution >= 0.6 is 0 Å². The second-order valence-electron chi connectivity index (χ2n) is 8.70. The number of hydrogen-bond donors (Lipinski definition) is 1. The number of hydrogen-bond acceptors (Lipinski definition) is 6. The normalized spacial score (nSPS) is 12.4. The number of nitrogens with zero attached hydrogens (tertiary/aromatic N) is 1. The van der Waals surface area contributed by atoms with E-state index in [1.54, 1.807) is 68.8 Å². The average Bonchev–Trinajstić information content (AvgIpc) is 2.95. The van der Waals surface area contributed by atoms with Gasteiger partial charge in [0.2, 0.25) is 0 Å². The summed E-state index contributed by atoms with van der Waals surface area (Å²) in [5.74, 6) is 0.442. The molecule has 3 amide bonds. The molecule has 4 aromatic rings. The Morgan fingerprint density at radius 2 is 1.47 bits per heavy atom. The highest BCUT2D eigenvalue weighted by Gasteiger charge is 2.36.